The number of nitrogens with one attached hydrogen (secondary N) is 1. The number of hydrogen-bond donors (Lipinski definition) is 2. The number of carbonyl (C=O) groups excluding carboxylic acids is 1. The van der Waals surface area contributed by atoms with E-state index in [-0.39, 0.29) is 11.6 Å². The largest absolute Gasteiger partial charge is 0.417 e. The minimum atomic E-state index is -4.91. The lowest BCUT2D eigenvalue weighted by Gasteiger charge is -2.19. The van der Waals surface area contributed by atoms with Gasteiger partial charge in [-0.15, -0.1) is 0 Å². The molecule has 1 aliphatic rings. The minimum absolute atomic E-state index is 0.0111. The number of nitrogens with zero attached hydrogens (tertiary/aromatic N) is 1. The number of nitrogens with two attached hydrogens (primary N) is 1. The fourth-order valence-electron chi connectivity index (χ4n) is 2.97. The third-order valence-electron chi connectivity index (χ3n) is 4.21. The molecule has 1 saturated heterocycles. The lowest BCUT2D eigenvalue weighted by atomic mass is 10.1. The quantitative estimate of drug-likeness (QED) is 0.827. The molecule has 0 bridgehead atoms. The van der Waals surface area contributed by atoms with Crippen LogP contribution >= 0.6 is 0 Å². The number of carbonyl (C=O) groups is 1. The van der Waals surface area contributed by atoms with E-state index in [2.05, 4.69) is 5.32 Å². The zero-order valence-electron chi connectivity index (χ0n) is 13.9. The van der Waals surface area contributed by atoms with Gasteiger partial charge in [0.25, 0.3) is 0 Å². The monoisotopic (exact) mass is 399 g/mol. The highest BCUT2D eigenvalue weighted by molar-refractivity contribution is 7.89. The van der Waals surface area contributed by atoms with E-state index in [9.17, 15) is 26.4 Å². The van der Waals surface area contributed by atoms with Gasteiger partial charge in [0.15, 0.2) is 0 Å². The molecule has 3 rings (SSSR count). The van der Waals surface area contributed by atoms with Crippen LogP contribution in [0.1, 0.15) is 12.0 Å². The van der Waals surface area contributed by atoms with Crippen LogP contribution in [0.2, 0.25) is 0 Å². The van der Waals surface area contributed by atoms with Crippen molar-refractivity contribution in [1.82, 2.24) is 0 Å². The van der Waals surface area contributed by atoms with E-state index in [1.807, 2.05) is 6.07 Å². The Hall–Kier alpha value is -2.59. The van der Waals surface area contributed by atoms with Gasteiger partial charge in [-0.05, 0) is 36.8 Å². The zero-order valence-corrected chi connectivity index (χ0v) is 14.7. The highest BCUT2D eigenvalue weighted by atomic mass is 32.2. The van der Waals surface area contributed by atoms with E-state index in [1.54, 1.807) is 29.2 Å². The van der Waals surface area contributed by atoms with E-state index < -0.39 is 32.7 Å². The molecule has 0 aromatic heterocycles. The van der Waals surface area contributed by atoms with Gasteiger partial charge in [0.1, 0.15) is 6.04 Å². The van der Waals surface area contributed by atoms with Crippen molar-refractivity contribution < 1.29 is 26.4 Å². The van der Waals surface area contributed by atoms with Crippen molar-refractivity contribution in [2.24, 2.45) is 5.14 Å². The summed E-state index contributed by atoms with van der Waals surface area (Å²) in [5, 5.41) is 7.62. The Morgan fingerprint density at radius 2 is 1.78 bits per heavy atom. The Kier molecular flexibility index (Phi) is 4.87. The van der Waals surface area contributed by atoms with Gasteiger partial charge < -0.3 is 10.2 Å². The molecule has 1 atom stereocenters. The second-order valence-corrected chi connectivity index (χ2v) is 7.59. The number of halogens is 3. The van der Waals surface area contributed by atoms with Crippen LogP contribution in [0.15, 0.2) is 53.4 Å². The first-order valence-corrected chi connectivity index (χ1v) is 9.49. The van der Waals surface area contributed by atoms with Crippen molar-refractivity contribution in [3.63, 3.8) is 0 Å². The Labute approximate surface area is 153 Å². The fourth-order valence-corrected chi connectivity index (χ4v) is 3.71. The van der Waals surface area contributed by atoms with Crippen molar-refractivity contribution in [3.8, 4) is 0 Å². The van der Waals surface area contributed by atoms with Crippen LogP contribution in [0.5, 0.6) is 0 Å². The zero-order chi connectivity index (χ0) is 19.8. The number of amides is 1. The maximum absolute atomic E-state index is 13.2. The summed E-state index contributed by atoms with van der Waals surface area (Å²) in [5.74, 6) is -0.273. The molecule has 27 heavy (non-hydrogen) atoms. The van der Waals surface area contributed by atoms with Crippen molar-refractivity contribution in [1.29, 1.82) is 0 Å². The smallest absolute Gasteiger partial charge is 0.374 e. The molecule has 3 N–H and O–H groups in total. The molecule has 144 valence electrons. The molecule has 1 fully saturated rings. The Morgan fingerprint density at radius 1 is 1.11 bits per heavy atom. The van der Waals surface area contributed by atoms with Crippen LogP contribution in [0.4, 0.5) is 24.5 Å². The molecule has 6 nitrogen and oxygen atoms in total. The van der Waals surface area contributed by atoms with Crippen LogP contribution in [0.3, 0.4) is 0 Å². The number of hydrogen-bond acceptors (Lipinski definition) is 4. The van der Waals surface area contributed by atoms with E-state index in [4.69, 9.17) is 5.14 Å². The van der Waals surface area contributed by atoms with Crippen LogP contribution in [-0.4, -0.2) is 26.9 Å². The summed E-state index contributed by atoms with van der Waals surface area (Å²) < 4.78 is 62.4. The number of sulfonamides is 1. The van der Waals surface area contributed by atoms with Gasteiger partial charge in [0, 0.05) is 17.9 Å². The fraction of sp³-hybridized carbons (Fsp3) is 0.235. The molecular formula is C17H16F3N3O3S. The highest BCUT2D eigenvalue weighted by Gasteiger charge is 2.37. The number of anilines is 2. The molecule has 0 saturated carbocycles. The van der Waals surface area contributed by atoms with Crippen molar-refractivity contribution in [2.45, 2.75) is 23.5 Å². The maximum atomic E-state index is 13.2. The number of benzene rings is 2. The summed E-state index contributed by atoms with van der Waals surface area (Å²) in [4.78, 5) is 13.1. The molecule has 0 aliphatic carbocycles. The molecule has 10 heteroatoms. The standard InChI is InChI=1S/C17H16F3N3O3S/c18-17(19,20)13-10-11(6-7-15(13)27(21,25)26)22-14-8-9-23(16(14)24)12-4-2-1-3-5-12/h1-7,10,14,22H,8-9H2,(H2,21,25,26). The van der Waals surface area contributed by atoms with E-state index >= 15 is 0 Å². The Balaban J connectivity index is 1.85. The maximum Gasteiger partial charge on any atom is 0.417 e. The van der Waals surface area contributed by atoms with E-state index in [0.717, 1.165) is 12.1 Å². The summed E-state index contributed by atoms with van der Waals surface area (Å²) in [6.07, 6.45) is -4.51. The molecule has 1 heterocycles. The lowest BCUT2D eigenvalue weighted by Crippen LogP contribution is -2.33. The second-order valence-electron chi connectivity index (χ2n) is 6.06. The molecule has 2 aromatic rings. The molecule has 1 aliphatic heterocycles. The van der Waals surface area contributed by atoms with Gasteiger partial charge in [0.05, 0.1) is 10.5 Å². The normalized spacial score (nSPS) is 18.0. The molecule has 0 spiro atoms. The van der Waals surface area contributed by atoms with E-state index in [1.165, 1.54) is 0 Å². The van der Waals surface area contributed by atoms with Gasteiger partial charge >= 0.3 is 6.18 Å². The first-order chi connectivity index (χ1) is 12.6. The van der Waals surface area contributed by atoms with E-state index in [0.29, 0.717) is 24.7 Å². The molecule has 1 unspecified atom stereocenters. The Morgan fingerprint density at radius 3 is 2.37 bits per heavy atom. The van der Waals surface area contributed by atoms with Crippen LogP contribution in [0, 0.1) is 0 Å². The Bertz CT molecular complexity index is 962. The molecule has 0 radical (unpaired) electrons. The average molecular weight is 399 g/mol. The first-order valence-electron chi connectivity index (χ1n) is 7.94. The topological polar surface area (TPSA) is 92.5 Å². The van der Waals surface area contributed by atoms with Gasteiger partial charge in [-0.3, -0.25) is 4.79 Å². The number of alkyl halides is 3. The number of primary sulfonamides is 1. The SMILES string of the molecule is NS(=O)(=O)c1ccc(NC2CCN(c3ccccc3)C2=O)cc1C(F)(F)F. The second kappa shape index (κ2) is 6.86. The predicted octanol–water partition coefficient (Wildman–Crippen LogP) is 2.57. The summed E-state index contributed by atoms with van der Waals surface area (Å²) in [7, 11) is -4.54. The van der Waals surface area contributed by atoms with Gasteiger partial charge in [-0.2, -0.15) is 13.2 Å². The van der Waals surface area contributed by atoms with Crippen molar-refractivity contribution >= 4 is 27.3 Å². The lowest BCUT2D eigenvalue weighted by molar-refractivity contribution is -0.139. The average Bonchev–Trinajstić information content (AvgIpc) is 2.94. The van der Waals surface area contributed by atoms with Gasteiger partial charge in [-0.1, -0.05) is 18.2 Å². The summed E-state index contributed by atoms with van der Waals surface area (Å²) in [6, 6.07) is 10.8. The minimum Gasteiger partial charge on any atom is -0.374 e. The molecule has 2 aromatic carbocycles. The molecule has 1 amide bonds. The third-order valence-corrected chi connectivity index (χ3v) is 5.17. The van der Waals surface area contributed by atoms with Crippen molar-refractivity contribution in [2.75, 3.05) is 16.8 Å². The first kappa shape index (κ1) is 19.2. The van der Waals surface area contributed by atoms with Gasteiger partial charge in [-0.25, -0.2) is 13.6 Å². The van der Waals surface area contributed by atoms with Crippen LogP contribution in [-0.2, 0) is 21.0 Å². The molecular weight excluding hydrogens is 383 g/mol. The summed E-state index contributed by atoms with van der Waals surface area (Å²) >= 11 is 0. The van der Waals surface area contributed by atoms with Crippen LogP contribution < -0.4 is 15.4 Å². The predicted molar refractivity (Wildman–Crippen MR) is 93.6 cm³/mol. The summed E-state index contributed by atoms with van der Waals surface area (Å²) in [5.41, 5.74) is -0.685. The van der Waals surface area contributed by atoms with Crippen molar-refractivity contribution in [3.05, 3.63) is 54.1 Å². The van der Waals surface area contributed by atoms with Gasteiger partial charge in [0.2, 0.25) is 15.9 Å². The number of para-hydroxylation sites is 1. The number of rotatable bonds is 4. The van der Waals surface area contributed by atoms with Crippen LogP contribution in [0.25, 0.3) is 0 Å². The summed E-state index contributed by atoms with van der Waals surface area (Å²) in [6.45, 7) is 0.419. The highest BCUT2D eigenvalue weighted by Crippen LogP contribution is 2.36. The third kappa shape index (κ3) is 4.06.